The SMILES string of the molecule is Cc1[nH]nc(CN2CCC3(CC2)OCCc2sc(C(=O)O)cc23)c1Cl. The van der Waals surface area contributed by atoms with E-state index in [2.05, 4.69) is 15.1 Å². The molecule has 0 saturated carbocycles. The van der Waals surface area contributed by atoms with E-state index in [-0.39, 0.29) is 5.60 Å². The summed E-state index contributed by atoms with van der Waals surface area (Å²) in [5.41, 5.74) is 2.53. The number of nitrogens with zero attached hydrogens (tertiary/aromatic N) is 2. The van der Waals surface area contributed by atoms with Crippen LogP contribution in [0.15, 0.2) is 6.07 Å². The van der Waals surface area contributed by atoms with E-state index in [9.17, 15) is 9.90 Å². The number of hydrogen-bond acceptors (Lipinski definition) is 5. The molecule has 6 nitrogen and oxygen atoms in total. The van der Waals surface area contributed by atoms with Gasteiger partial charge in [-0.3, -0.25) is 10.00 Å². The van der Waals surface area contributed by atoms with Crippen molar-refractivity contribution in [2.45, 2.75) is 38.3 Å². The normalized spacial score (nSPS) is 19.9. The van der Waals surface area contributed by atoms with Crippen LogP contribution in [0.1, 0.15) is 44.3 Å². The third kappa shape index (κ3) is 2.99. The monoisotopic (exact) mass is 381 g/mol. The number of piperidine rings is 1. The lowest BCUT2D eigenvalue weighted by atomic mass is 9.82. The number of aromatic nitrogens is 2. The second-order valence-corrected chi connectivity index (χ2v) is 8.25. The Bertz CT molecular complexity index is 808. The highest BCUT2D eigenvalue weighted by Crippen LogP contribution is 2.44. The molecule has 0 radical (unpaired) electrons. The van der Waals surface area contributed by atoms with Gasteiger partial charge in [0.05, 0.1) is 28.6 Å². The van der Waals surface area contributed by atoms with Crippen molar-refractivity contribution in [3.63, 3.8) is 0 Å². The van der Waals surface area contributed by atoms with E-state index in [0.29, 0.717) is 16.5 Å². The number of aromatic carboxylic acids is 1. The van der Waals surface area contributed by atoms with Crippen molar-refractivity contribution in [3.8, 4) is 0 Å². The number of H-pyrrole nitrogens is 1. The summed E-state index contributed by atoms with van der Waals surface area (Å²) in [6.07, 6.45) is 2.52. The minimum absolute atomic E-state index is 0.334. The van der Waals surface area contributed by atoms with Crippen LogP contribution in [0.25, 0.3) is 0 Å². The number of carboxylic acids is 1. The molecule has 2 aromatic rings. The Morgan fingerprint density at radius 3 is 2.92 bits per heavy atom. The molecule has 8 heteroatoms. The zero-order valence-corrected chi connectivity index (χ0v) is 15.5. The number of nitrogens with one attached hydrogen (secondary N) is 1. The van der Waals surface area contributed by atoms with Crippen molar-refractivity contribution in [2.24, 2.45) is 0 Å². The van der Waals surface area contributed by atoms with Gasteiger partial charge >= 0.3 is 5.97 Å². The number of aromatic amines is 1. The first-order valence-corrected chi connectivity index (χ1v) is 9.60. The molecular formula is C17H20ClN3O3S. The van der Waals surface area contributed by atoms with Crippen molar-refractivity contribution in [2.75, 3.05) is 19.7 Å². The van der Waals surface area contributed by atoms with Gasteiger partial charge in [0.15, 0.2) is 0 Å². The molecule has 0 bridgehead atoms. The topological polar surface area (TPSA) is 78.5 Å². The maximum atomic E-state index is 11.3. The lowest BCUT2D eigenvalue weighted by Gasteiger charge is -2.44. The fourth-order valence-corrected chi connectivity index (χ4v) is 5.00. The van der Waals surface area contributed by atoms with Crippen molar-refractivity contribution in [1.29, 1.82) is 0 Å². The highest BCUT2D eigenvalue weighted by atomic mass is 35.5. The van der Waals surface area contributed by atoms with Crippen LogP contribution in [-0.2, 0) is 23.3 Å². The largest absolute Gasteiger partial charge is 0.477 e. The number of thiophene rings is 1. The summed E-state index contributed by atoms with van der Waals surface area (Å²) in [5.74, 6) is -0.851. The molecule has 0 aromatic carbocycles. The summed E-state index contributed by atoms with van der Waals surface area (Å²) in [6.45, 7) is 5.05. The molecule has 2 aliphatic heterocycles. The van der Waals surface area contributed by atoms with Gasteiger partial charge in [-0.2, -0.15) is 5.10 Å². The Morgan fingerprint density at radius 2 is 2.28 bits per heavy atom. The lowest BCUT2D eigenvalue weighted by Crippen LogP contribution is -2.46. The minimum Gasteiger partial charge on any atom is -0.477 e. The van der Waals surface area contributed by atoms with E-state index in [1.165, 1.54) is 16.2 Å². The molecule has 1 fully saturated rings. The van der Waals surface area contributed by atoms with Crippen LogP contribution in [0.3, 0.4) is 0 Å². The van der Waals surface area contributed by atoms with Gasteiger partial charge in [0.25, 0.3) is 0 Å². The Hall–Kier alpha value is -1.41. The van der Waals surface area contributed by atoms with Gasteiger partial charge in [-0.25, -0.2) is 4.79 Å². The average Bonchev–Trinajstić information content (AvgIpc) is 3.17. The molecular weight excluding hydrogens is 362 g/mol. The number of halogens is 1. The highest BCUT2D eigenvalue weighted by molar-refractivity contribution is 7.14. The molecule has 0 amide bonds. The third-order valence-corrected chi connectivity index (χ3v) is 6.88. The van der Waals surface area contributed by atoms with Crippen LogP contribution >= 0.6 is 22.9 Å². The number of likely N-dealkylation sites (tertiary alicyclic amines) is 1. The summed E-state index contributed by atoms with van der Waals surface area (Å²) >= 11 is 7.66. The van der Waals surface area contributed by atoms with E-state index in [1.807, 2.05) is 13.0 Å². The van der Waals surface area contributed by atoms with Gasteiger partial charge in [0.2, 0.25) is 0 Å². The maximum absolute atomic E-state index is 11.3. The second kappa shape index (κ2) is 6.39. The van der Waals surface area contributed by atoms with Gasteiger partial charge in [-0.1, -0.05) is 11.6 Å². The van der Waals surface area contributed by atoms with Crippen molar-refractivity contribution < 1.29 is 14.6 Å². The van der Waals surface area contributed by atoms with Gasteiger partial charge in [-0.05, 0) is 31.4 Å². The average molecular weight is 382 g/mol. The summed E-state index contributed by atoms with van der Waals surface area (Å²) in [5, 5.41) is 17.2. The molecule has 2 aliphatic rings. The van der Waals surface area contributed by atoms with Crippen LogP contribution in [0.5, 0.6) is 0 Å². The van der Waals surface area contributed by atoms with E-state index in [4.69, 9.17) is 16.3 Å². The van der Waals surface area contributed by atoms with Gasteiger partial charge in [0.1, 0.15) is 4.88 Å². The highest BCUT2D eigenvalue weighted by Gasteiger charge is 2.42. The van der Waals surface area contributed by atoms with E-state index >= 15 is 0 Å². The molecule has 0 unspecified atom stereocenters. The molecule has 25 heavy (non-hydrogen) atoms. The molecule has 1 saturated heterocycles. The molecule has 4 heterocycles. The molecule has 0 atom stereocenters. The fourth-order valence-electron chi connectivity index (χ4n) is 3.79. The molecule has 0 aliphatic carbocycles. The Balaban J connectivity index is 1.50. The zero-order chi connectivity index (χ0) is 17.6. The summed E-state index contributed by atoms with van der Waals surface area (Å²) in [4.78, 5) is 15.2. The number of ether oxygens (including phenoxy) is 1. The molecule has 4 rings (SSSR count). The van der Waals surface area contributed by atoms with Gasteiger partial charge in [-0.15, -0.1) is 11.3 Å². The first-order valence-electron chi connectivity index (χ1n) is 8.41. The van der Waals surface area contributed by atoms with Crippen molar-refractivity contribution >= 4 is 28.9 Å². The standard InChI is InChI=1S/C17H20ClN3O3S/c1-10-15(18)12(20-19-10)9-21-5-3-17(4-6-21)11-8-14(16(22)23)25-13(11)2-7-24-17/h8H,2-7,9H2,1H3,(H,19,20)(H,22,23). The number of fused-ring (bicyclic) bond motifs is 2. The maximum Gasteiger partial charge on any atom is 0.345 e. The second-order valence-electron chi connectivity index (χ2n) is 6.73. The first kappa shape index (κ1) is 17.0. The van der Waals surface area contributed by atoms with Crippen LogP contribution in [0.4, 0.5) is 0 Å². The number of rotatable bonds is 3. The Morgan fingerprint density at radius 1 is 1.52 bits per heavy atom. The molecule has 2 aromatic heterocycles. The lowest BCUT2D eigenvalue weighted by molar-refractivity contribution is -0.0981. The minimum atomic E-state index is -0.851. The quantitative estimate of drug-likeness (QED) is 0.853. The molecule has 2 N–H and O–H groups in total. The number of aryl methyl sites for hydroxylation is 1. The summed E-state index contributed by atoms with van der Waals surface area (Å²) in [7, 11) is 0. The van der Waals surface area contributed by atoms with Crippen molar-refractivity contribution in [3.05, 3.63) is 37.8 Å². The summed E-state index contributed by atoms with van der Waals surface area (Å²) < 4.78 is 6.19. The van der Waals surface area contributed by atoms with E-state index < -0.39 is 5.97 Å². The predicted molar refractivity (Wildman–Crippen MR) is 95.5 cm³/mol. The Labute approximate surface area is 154 Å². The first-order chi connectivity index (χ1) is 12.0. The smallest absolute Gasteiger partial charge is 0.345 e. The van der Waals surface area contributed by atoms with Gasteiger partial charge in [0, 0.05) is 30.9 Å². The number of carbonyl (C=O) groups is 1. The van der Waals surface area contributed by atoms with Crippen LogP contribution in [0, 0.1) is 6.92 Å². The van der Waals surface area contributed by atoms with Crippen LogP contribution in [0.2, 0.25) is 5.02 Å². The van der Waals surface area contributed by atoms with Gasteiger partial charge < -0.3 is 9.84 Å². The zero-order valence-electron chi connectivity index (χ0n) is 14.0. The predicted octanol–water partition coefficient (Wildman–Crippen LogP) is 3.20. The van der Waals surface area contributed by atoms with Crippen molar-refractivity contribution in [1.82, 2.24) is 15.1 Å². The van der Waals surface area contributed by atoms with Crippen LogP contribution in [-0.4, -0.2) is 45.9 Å². The van der Waals surface area contributed by atoms with E-state index in [1.54, 1.807) is 0 Å². The fraction of sp³-hybridized carbons (Fsp3) is 0.529. The molecule has 1 spiro atoms. The number of carboxylic acid groups (broad SMARTS) is 1. The third-order valence-electron chi connectivity index (χ3n) is 5.20. The van der Waals surface area contributed by atoms with E-state index in [0.717, 1.165) is 55.8 Å². The number of hydrogen-bond donors (Lipinski definition) is 2. The Kier molecular flexibility index (Phi) is 4.35. The molecule has 134 valence electrons. The van der Waals surface area contributed by atoms with Crippen LogP contribution < -0.4 is 0 Å². The summed E-state index contributed by atoms with van der Waals surface area (Å²) in [6, 6.07) is 1.82.